The molecule has 2 N–H and O–H groups in total. The second kappa shape index (κ2) is 8.66. The zero-order valence-corrected chi connectivity index (χ0v) is 16.2. The van der Waals surface area contributed by atoms with Gasteiger partial charge in [-0.2, -0.15) is 13.2 Å². The lowest BCUT2D eigenvalue weighted by molar-refractivity contribution is -0.180. The van der Waals surface area contributed by atoms with E-state index in [-0.39, 0.29) is 17.3 Å². The largest absolute Gasteiger partial charge is 0.465 e. The minimum Gasteiger partial charge on any atom is -0.465 e. The molecule has 0 aliphatic heterocycles. The summed E-state index contributed by atoms with van der Waals surface area (Å²) in [7, 11) is 0. The number of hydrogen-bond acceptors (Lipinski definition) is 5. The van der Waals surface area contributed by atoms with Gasteiger partial charge in [0, 0.05) is 5.69 Å². The first-order chi connectivity index (χ1) is 14.2. The monoisotopic (exact) mass is 441 g/mol. The molecule has 6 nitrogen and oxygen atoms in total. The third kappa shape index (κ3) is 5.03. The van der Waals surface area contributed by atoms with Crippen LogP contribution in [0.3, 0.4) is 0 Å². The van der Waals surface area contributed by atoms with Gasteiger partial charge in [0.25, 0.3) is 0 Å². The Kier molecular flexibility index (Phi) is 6.20. The minimum atomic E-state index is -4.82. The van der Waals surface area contributed by atoms with Crippen LogP contribution in [0.25, 0.3) is 10.2 Å². The zero-order valence-electron chi connectivity index (χ0n) is 15.4. The summed E-state index contributed by atoms with van der Waals surface area (Å²) in [6.07, 6.45) is -4.82. The van der Waals surface area contributed by atoms with Crippen molar-refractivity contribution in [2.45, 2.75) is 19.0 Å². The maximum Gasteiger partial charge on any atom is 0.406 e. The van der Waals surface area contributed by atoms with Gasteiger partial charge in [0.1, 0.15) is 5.82 Å². The number of aromatic nitrogens is 1. The van der Waals surface area contributed by atoms with Gasteiger partial charge >= 0.3 is 18.2 Å². The fourth-order valence-electron chi connectivity index (χ4n) is 2.65. The molecule has 1 unspecified atom stereocenters. The predicted molar refractivity (Wildman–Crippen MR) is 104 cm³/mol. The SMILES string of the molecule is CCOC(=O)C(c1ccc2nc(NC(=O)Nc3ccc(F)cc3)sc2c1)C(F)(F)F. The molecule has 1 heterocycles. The highest BCUT2D eigenvalue weighted by Crippen LogP contribution is 2.38. The van der Waals surface area contributed by atoms with E-state index in [9.17, 15) is 27.2 Å². The molecule has 0 aliphatic rings. The molecule has 0 fully saturated rings. The summed E-state index contributed by atoms with van der Waals surface area (Å²) in [6, 6.07) is 8.12. The van der Waals surface area contributed by atoms with Crippen molar-refractivity contribution >= 4 is 44.4 Å². The number of nitrogens with zero attached hydrogens (tertiary/aromatic N) is 1. The molecule has 0 saturated heterocycles. The second-order valence-corrected chi connectivity index (χ2v) is 7.09. The molecule has 2 aromatic carbocycles. The van der Waals surface area contributed by atoms with Crippen LogP contribution in [0.5, 0.6) is 0 Å². The van der Waals surface area contributed by atoms with E-state index in [1.165, 1.54) is 43.3 Å². The van der Waals surface area contributed by atoms with Crippen molar-refractivity contribution in [2.24, 2.45) is 0 Å². The summed E-state index contributed by atoms with van der Waals surface area (Å²) in [5, 5.41) is 5.09. The van der Waals surface area contributed by atoms with Crippen molar-refractivity contribution in [1.82, 2.24) is 4.98 Å². The number of rotatable bonds is 5. The van der Waals surface area contributed by atoms with Crippen molar-refractivity contribution in [3.8, 4) is 0 Å². The number of anilines is 2. The van der Waals surface area contributed by atoms with Gasteiger partial charge in [-0.25, -0.2) is 14.2 Å². The normalized spacial score (nSPS) is 12.4. The predicted octanol–water partition coefficient (Wildman–Crippen LogP) is 5.29. The lowest BCUT2D eigenvalue weighted by Gasteiger charge is -2.18. The summed E-state index contributed by atoms with van der Waals surface area (Å²) >= 11 is 0.943. The van der Waals surface area contributed by atoms with Gasteiger partial charge in [0.2, 0.25) is 0 Å². The van der Waals surface area contributed by atoms with Crippen molar-refractivity contribution in [1.29, 1.82) is 0 Å². The van der Waals surface area contributed by atoms with Gasteiger partial charge in [-0.05, 0) is 48.9 Å². The lowest BCUT2D eigenvalue weighted by atomic mass is 9.98. The number of halogens is 4. The van der Waals surface area contributed by atoms with E-state index >= 15 is 0 Å². The van der Waals surface area contributed by atoms with E-state index in [1.807, 2.05) is 0 Å². The molecule has 1 atom stereocenters. The third-order valence-corrected chi connectivity index (χ3v) is 4.85. The molecule has 0 bridgehead atoms. The van der Waals surface area contributed by atoms with Gasteiger partial charge in [-0.3, -0.25) is 10.1 Å². The number of hydrogen-bond donors (Lipinski definition) is 2. The first-order valence-electron chi connectivity index (χ1n) is 8.64. The molecule has 1 aromatic heterocycles. The zero-order chi connectivity index (χ0) is 21.9. The Morgan fingerprint density at radius 2 is 1.83 bits per heavy atom. The maximum absolute atomic E-state index is 13.4. The molecular weight excluding hydrogens is 426 g/mol. The number of alkyl halides is 3. The second-order valence-electron chi connectivity index (χ2n) is 6.06. The number of urea groups is 1. The Hall–Kier alpha value is -3.21. The molecule has 2 amide bonds. The summed E-state index contributed by atoms with van der Waals surface area (Å²) in [5.74, 6) is -4.25. The Bertz CT molecular complexity index is 1070. The standard InChI is InChI=1S/C19H15F4N3O3S/c1-2-29-16(27)15(19(21,22)23)10-3-8-13-14(9-10)30-18(25-13)26-17(28)24-12-6-4-11(20)5-7-12/h3-9,15H,2H2,1H3,(H2,24,25,26,28). The Balaban J connectivity index is 1.80. The van der Waals surface area contributed by atoms with E-state index in [2.05, 4.69) is 20.4 Å². The van der Waals surface area contributed by atoms with Crippen LogP contribution in [-0.2, 0) is 9.53 Å². The third-order valence-electron chi connectivity index (χ3n) is 3.92. The first-order valence-corrected chi connectivity index (χ1v) is 9.46. The molecule has 3 aromatic rings. The molecule has 0 aliphatic carbocycles. The van der Waals surface area contributed by atoms with Crippen LogP contribution in [-0.4, -0.2) is 29.8 Å². The Morgan fingerprint density at radius 3 is 2.47 bits per heavy atom. The van der Waals surface area contributed by atoms with Crippen LogP contribution in [0.4, 0.5) is 33.2 Å². The number of thiazole rings is 1. The number of ether oxygens (including phenoxy) is 1. The van der Waals surface area contributed by atoms with Crippen LogP contribution in [0.1, 0.15) is 18.4 Å². The van der Waals surface area contributed by atoms with E-state index in [0.717, 1.165) is 17.4 Å². The van der Waals surface area contributed by atoms with E-state index in [1.54, 1.807) is 0 Å². The molecule has 158 valence electrons. The molecule has 30 heavy (non-hydrogen) atoms. The van der Waals surface area contributed by atoms with Crippen LogP contribution < -0.4 is 10.6 Å². The number of carbonyl (C=O) groups is 2. The summed E-state index contributed by atoms with van der Waals surface area (Å²) < 4.78 is 58.0. The quantitative estimate of drug-likeness (QED) is 0.417. The lowest BCUT2D eigenvalue weighted by Crippen LogP contribution is -2.30. The highest BCUT2D eigenvalue weighted by molar-refractivity contribution is 7.22. The van der Waals surface area contributed by atoms with Crippen LogP contribution in [0.15, 0.2) is 42.5 Å². The smallest absolute Gasteiger partial charge is 0.406 e. The van der Waals surface area contributed by atoms with Gasteiger partial charge < -0.3 is 10.1 Å². The van der Waals surface area contributed by atoms with Crippen molar-refractivity contribution in [2.75, 3.05) is 17.2 Å². The number of carbonyl (C=O) groups excluding carboxylic acids is 2. The fraction of sp³-hybridized carbons (Fsp3) is 0.211. The number of fused-ring (bicyclic) bond motifs is 1. The Labute approximate surface area is 171 Å². The van der Waals surface area contributed by atoms with Gasteiger partial charge in [-0.1, -0.05) is 17.4 Å². The number of amides is 2. The number of benzene rings is 2. The molecule has 11 heteroatoms. The molecule has 3 rings (SSSR count). The number of esters is 1. The van der Waals surface area contributed by atoms with Crippen LogP contribution in [0.2, 0.25) is 0 Å². The van der Waals surface area contributed by atoms with Crippen LogP contribution >= 0.6 is 11.3 Å². The van der Waals surface area contributed by atoms with E-state index in [4.69, 9.17) is 0 Å². The van der Waals surface area contributed by atoms with E-state index < -0.39 is 29.9 Å². The minimum absolute atomic E-state index is 0.140. The van der Waals surface area contributed by atoms with Gasteiger partial charge in [0.15, 0.2) is 11.0 Å². The van der Waals surface area contributed by atoms with Crippen molar-refractivity contribution < 1.29 is 31.9 Å². The van der Waals surface area contributed by atoms with Gasteiger partial charge in [0.05, 0.1) is 16.8 Å². The van der Waals surface area contributed by atoms with Crippen molar-refractivity contribution in [3.63, 3.8) is 0 Å². The summed E-state index contributed by atoms with van der Waals surface area (Å²) in [4.78, 5) is 28.0. The average molecular weight is 441 g/mol. The van der Waals surface area contributed by atoms with Gasteiger partial charge in [-0.15, -0.1) is 0 Å². The topological polar surface area (TPSA) is 80.3 Å². The molecule has 0 saturated carbocycles. The highest BCUT2D eigenvalue weighted by Gasteiger charge is 2.47. The van der Waals surface area contributed by atoms with Crippen molar-refractivity contribution in [3.05, 3.63) is 53.8 Å². The maximum atomic E-state index is 13.4. The molecular formula is C19H15F4N3O3S. The Morgan fingerprint density at radius 1 is 1.13 bits per heavy atom. The highest BCUT2D eigenvalue weighted by atomic mass is 32.1. The molecule has 0 spiro atoms. The molecule has 0 radical (unpaired) electrons. The summed E-state index contributed by atoms with van der Waals surface area (Å²) in [5.41, 5.74) is 0.421. The first kappa shape index (κ1) is 21.5. The average Bonchev–Trinajstić information content (AvgIpc) is 3.04. The fourth-order valence-corrected chi connectivity index (χ4v) is 3.56. The van der Waals surface area contributed by atoms with E-state index in [0.29, 0.717) is 15.9 Å². The number of nitrogens with one attached hydrogen (secondary N) is 2. The summed E-state index contributed by atoms with van der Waals surface area (Å²) in [6.45, 7) is 1.25. The van der Waals surface area contributed by atoms with Crippen LogP contribution in [0, 0.1) is 5.82 Å².